The summed E-state index contributed by atoms with van der Waals surface area (Å²) in [5.41, 5.74) is 1.20. The van der Waals surface area contributed by atoms with Gasteiger partial charge in [-0.1, -0.05) is 0 Å². The zero-order valence-electron chi connectivity index (χ0n) is 13.2. The quantitative estimate of drug-likeness (QED) is 0.918. The van der Waals surface area contributed by atoms with Crippen molar-refractivity contribution in [1.82, 2.24) is 19.6 Å². The van der Waals surface area contributed by atoms with Crippen molar-refractivity contribution in [3.63, 3.8) is 0 Å². The SMILES string of the molecule is Cc1cc(N2CCC(Nc3cnn(CC(F)(F)F)c3)C2=O)n(C)n1. The summed E-state index contributed by atoms with van der Waals surface area (Å²) in [6.07, 6.45) is -1.25. The smallest absolute Gasteiger partial charge is 0.371 e. The molecule has 1 aliphatic heterocycles. The molecule has 0 bridgehead atoms. The number of hydrogen-bond acceptors (Lipinski definition) is 4. The van der Waals surface area contributed by atoms with Crippen molar-refractivity contribution in [2.24, 2.45) is 7.05 Å². The number of halogens is 3. The van der Waals surface area contributed by atoms with E-state index in [4.69, 9.17) is 0 Å². The van der Waals surface area contributed by atoms with E-state index in [0.29, 0.717) is 24.5 Å². The third-order valence-electron chi connectivity index (χ3n) is 3.77. The molecule has 0 aliphatic carbocycles. The molecule has 2 aromatic heterocycles. The van der Waals surface area contributed by atoms with Crippen LogP contribution in [0.3, 0.4) is 0 Å². The van der Waals surface area contributed by atoms with Crippen molar-refractivity contribution in [3.8, 4) is 0 Å². The van der Waals surface area contributed by atoms with Crippen molar-refractivity contribution in [2.45, 2.75) is 32.1 Å². The molecule has 0 saturated carbocycles. The Labute approximate surface area is 136 Å². The lowest BCUT2D eigenvalue weighted by Gasteiger charge is -2.16. The van der Waals surface area contributed by atoms with E-state index in [-0.39, 0.29) is 5.91 Å². The molecule has 1 saturated heterocycles. The molecule has 1 N–H and O–H groups in total. The van der Waals surface area contributed by atoms with Crippen LogP contribution >= 0.6 is 0 Å². The number of aryl methyl sites for hydroxylation is 2. The van der Waals surface area contributed by atoms with Crippen molar-refractivity contribution in [1.29, 1.82) is 0 Å². The first kappa shape index (κ1) is 16.3. The minimum atomic E-state index is -4.33. The molecule has 1 unspecified atom stereocenters. The van der Waals surface area contributed by atoms with Crippen LogP contribution in [0.5, 0.6) is 0 Å². The van der Waals surface area contributed by atoms with Crippen LogP contribution < -0.4 is 10.2 Å². The van der Waals surface area contributed by atoms with E-state index in [1.165, 1.54) is 12.4 Å². The van der Waals surface area contributed by atoms with Crippen LogP contribution in [0.15, 0.2) is 18.5 Å². The Bertz CT molecular complexity index is 750. The Balaban J connectivity index is 1.67. The van der Waals surface area contributed by atoms with E-state index < -0.39 is 18.8 Å². The number of nitrogens with one attached hydrogen (secondary N) is 1. The van der Waals surface area contributed by atoms with Gasteiger partial charge >= 0.3 is 6.18 Å². The van der Waals surface area contributed by atoms with Gasteiger partial charge < -0.3 is 5.32 Å². The molecule has 3 rings (SSSR count). The summed E-state index contributed by atoms with van der Waals surface area (Å²) in [7, 11) is 1.76. The number of aromatic nitrogens is 4. The number of anilines is 2. The Hall–Kier alpha value is -2.52. The summed E-state index contributed by atoms with van der Waals surface area (Å²) in [6, 6.07) is 1.32. The van der Waals surface area contributed by atoms with Crippen LogP contribution in [-0.4, -0.2) is 44.2 Å². The lowest BCUT2D eigenvalue weighted by Crippen LogP contribution is -2.34. The third kappa shape index (κ3) is 3.36. The highest BCUT2D eigenvalue weighted by molar-refractivity contribution is 6.00. The molecule has 0 spiro atoms. The van der Waals surface area contributed by atoms with Gasteiger partial charge in [-0.2, -0.15) is 23.4 Å². The van der Waals surface area contributed by atoms with Gasteiger partial charge in [0.1, 0.15) is 18.4 Å². The first-order valence-electron chi connectivity index (χ1n) is 7.41. The number of carbonyl (C=O) groups is 1. The summed E-state index contributed by atoms with van der Waals surface area (Å²) in [5.74, 6) is 0.566. The molecule has 0 aromatic carbocycles. The van der Waals surface area contributed by atoms with Crippen LogP contribution in [0.4, 0.5) is 24.7 Å². The van der Waals surface area contributed by atoms with Crippen LogP contribution in [0.25, 0.3) is 0 Å². The molecule has 1 amide bonds. The third-order valence-corrected chi connectivity index (χ3v) is 3.77. The molecule has 3 heterocycles. The molecule has 1 aliphatic rings. The Kier molecular flexibility index (Phi) is 3.98. The zero-order chi connectivity index (χ0) is 17.5. The standard InChI is InChI=1S/C14H17F3N6O/c1-9-5-12(21(2)20-9)23-4-3-11(13(23)24)19-10-6-18-22(7-10)8-14(15,16)17/h5-7,11,19H,3-4,8H2,1-2H3. The van der Waals surface area contributed by atoms with Gasteiger partial charge in [0.05, 0.1) is 17.6 Å². The molecular weight excluding hydrogens is 325 g/mol. The predicted molar refractivity (Wildman–Crippen MR) is 80.6 cm³/mol. The minimum absolute atomic E-state index is 0.137. The van der Waals surface area contributed by atoms with Gasteiger partial charge in [0.25, 0.3) is 5.91 Å². The van der Waals surface area contributed by atoms with Crippen molar-refractivity contribution >= 4 is 17.4 Å². The number of carbonyl (C=O) groups excluding carboxylic acids is 1. The molecule has 130 valence electrons. The van der Waals surface area contributed by atoms with Gasteiger partial charge in [0, 0.05) is 25.9 Å². The average Bonchev–Trinajstić information content (AvgIpc) is 3.11. The summed E-state index contributed by atoms with van der Waals surface area (Å²) in [5, 5.41) is 10.8. The number of alkyl halides is 3. The maximum absolute atomic E-state index is 12.5. The summed E-state index contributed by atoms with van der Waals surface area (Å²) >= 11 is 0. The fourth-order valence-electron chi connectivity index (χ4n) is 2.80. The lowest BCUT2D eigenvalue weighted by atomic mass is 10.2. The molecule has 24 heavy (non-hydrogen) atoms. The van der Waals surface area contributed by atoms with Crippen LogP contribution in [0.2, 0.25) is 0 Å². The Morgan fingerprint density at radius 2 is 2.17 bits per heavy atom. The number of hydrogen-bond donors (Lipinski definition) is 1. The molecule has 2 aromatic rings. The fourth-order valence-corrected chi connectivity index (χ4v) is 2.80. The van der Waals surface area contributed by atoms with Gasteiger partial charge in [-0.05, 0) is 13.3 Å². The fraction of sp³-hybridized carbons (Fsp3) is 0.500. The van der Waals surface area contributed by atoms with E-state index in [0.717, 1.165) is 10.4 Å². The summed E-state index contributed by atoms with van der Waals surface area (Å²) < 4.78 is 39.5. The molecule has 1 fully saturated rings. The second-order valence-corrected chi connectivity index (χ2v) is 5.78. The molecule has 10 heteroatoms. The average molecular weight is 342 g/mol. The monoisotopic (exact) mass is 342 g/mol. The van der Waals surface area contributed by atoms with E-state index in [1.807, 2.05) is 13.0 Å². The number of amides is 1. The molecule has 7 nitrogen and oxygen atoms in total. The topological polar surface area (TPSA) is 68.0 Å². The Morgan fingerprint density at radius 3 is 2.79 bits per heavy atom. The number of nitrogens with zero attached hydrogens (tertiary/aromatic N) is 5. The summed E-state index contributed by atoms with van der Waals surface area (Å²) in [4.78, 5) is 14.1. The predicted octanol–water partition coefficient (Wildman–Crippen LogP) is 1.70. The first-order valence-corrected chi connectivity index (χ1v) is 7.41. The zero-order valence-corrected chi connectivity index (χ0v) is 13.2. The van der Waals surface area contributed by atoms with Gasteiger partial charge in [-0.15, -0.1) is 0 Å². The highest BCUT2D eigenvalue weighted by atomic mass is 19.4. The van der Waals surface area contributed by atoms with Crippen molar-refractivity contribution in [3.05, 3.63) is 24.2 Å². The van der Waals surface area contributed by atoms with E-state index in [2.05, 4.69) is 15.5 Å². The van der Waals surface area contributed by atoms with Crippen molar-refractivity contribution in [2.75, 3.05) is 16.8 Å². The minimum Gasteiger partial charge on any atom is -0.371 e. The summed E-state index contributed by atoms with van der Waals surface area (Å²) in [6.45, 7) is 1.20. The van der Waals surface area contributed by atoms with Gasteiger partial charge in [0.2, 0.25) is 0 Å². The maximum Gasteiger partial charge on any atom is 0.408 e. The maximum atomic E-state index is 12.5. The molecule has 1 atom stereocenters. The van der Waals surface area contributed by atoms with E-state index in [1.54, 1.807) is 16.6 Å². The van der Waals surface area contributed by atoms with E-state index >= 15 is 0 Å². The van der Waals surface area contributed by atoms with Crippen LogP contribution in [0, 0.1) is 6.92 Å². The van der Waals surface area contributed by atoms with Crippen molar-refractivity contribution < 1.29 is 18.0 Å². The largest absolute Gasteiger partial charge is 0.408 e. The normalized spacial score (nSPS) is 18.5. The second-order valence-electron chi connectivity index (χ2n) is 5.78. The van der Waals surface area contributed by atoms with Crippen LogP contribution in [0.1, 0.15) is 12.1 Å². The molecular formula is C14H17F3N6O. The van der Waals surface area contributed by atoms with Gasteiger partial charge in [0.15, 0.2) is 0 Å². The highest BCUT2D eigenvalue weighted by Crippen LogP contribution is 2.24. The van der Waals surface area contributed by atoms with Gasteiger partial charge in [-0.25, -0.2) is 0 Å². The van der Waals surface area contributed by atoms with E-state index in [9.17, 15) is 18.0 Å². The second kappa shape index (κ2) is 5.84. The number of rotatable bonds is 4. The van der Waals surface area contributed by atoms with Gasteiger partial charge in [-0.3, -0.25) is 19.1 Å². The highest BCUT2D eigenvalue weighted by Gasteiger charge is 2.34. The lowest BCUT2D eigenvalue weighted by molar-refractivity contribution is -0.142. The van der Waals surface area contributed by atoms with Crippen LogP contribution in [-0.2, 0) is 18.4 Å². The first-order chi connectivity index (χ1) is 11.2. The molecule has 0 radical (unpaired) electrons. The Morgan fingerprint density at radius 1 is 1.42 bits per heavy atom.